The number of aliphatic hydroxyl groups is 1. The quantitative estimate of drug-likeness (QED) is 0.0742. The number of nitro benzene ring substituents is 1. The fourth-order valence-electron chi connectivity index (χ4n) is 3.43. The monoisotopic (exact) mass is 614 g/mol. The van der Waals surface area contributed by atoms with Gasteiger partial charge in [-0.2, -0.15) is 5.26 Å². The van der Waals surface area contributed by atoms with Crippen LogP contribution in [0.1, 0.15) is 43.4 Å². The Morgan fingerprint density at radius 2 is 1.71 bits per heavy atom. The number of esters is 3. The molecule has 0 aliphatic heterocycles. The molecule has 0 bridgehead atoms. The lowest BCUT2D eigenvalue weighted by atomic mass is 9.93. The Kier molecular flexibility index (Phi) is 12.8. The first kappa shape index (κ1) is 34.1. The highest BCUT2D eigenvalue weighted by Gasteiger charge is 2.37. The van der Waals surface area contributed by atoms with E-state index in [0.29, 0.717) is 4.20 Å². The van der Waals surface area contributed by atoms with Crippen molar-refractivity contribution in [1.29, 1.82) is 5.26 Å². The minimum absolute atomic E-state index is 0.0214. The molecule has 2 atom stereocenters. The molecule has 11 nitrogen and oxygen atoms in total. The minimum Gasteiger partial charge on any atom is -0.461 e. The van der Waals surface area contributed by atoms with E-state index < -0.39 is 65.1 Å². The van der Waals surface area contributed by atoms with Crippen molar-refractivity contribution in [2.24, 2.45) is 5.41 Å². The molecule has 0 aromatic heterocycles. The van der Waals surface area contributed by atoms with Crippen molar-refractivity contribution in [3.05, 3.63) is 88.0 Å². The van der Waals surface area contributed by atoms with Gasteiger partial charge in [0.1, 0.15) is 30.0 Å². The van der Waals surface area contributed by atoms with Crippen LogP contribution in [0.5, 0.6) is 0 Å². The fraction of sp³-hybridized carbons (Fsp3) is 0.345. The summed E-state index contributed by atoms with van der Waals surface area (Å²) < 4.78 is 14.8. The van der Waals surface area contributed by atoms with Crippen LogP contribution in [0.2, 0.25) is 0 Å². The largest absolute Gasteiger partial charge is 0.461 e. The molecule has 0 aliphatic rings. The number of carbonyl (C=O) groups is 3. The second-order valence-corrected chi connectivity index (χ2v) is 11.7. The number of nitrogens with zero attached hydrogens (tertiary/aromatic N) is 2. The van der Waals surface area contributed by atoms with E-state index in [4.69, 9.17) is 26.4 Å². The molecule has 2 aromatic carbocycles. The molecule has 13 heteroatoms. The molecule has 2 rings (SSSR count). The molecule has 0 aliphatic carbocycles. The van der Waals surface area contributed by atoms with Crippen LogP contribution in [0.15, 0.2) is 61.2 Å². The molecule has 1 N–H and O–H groups in total. The topological polar surface area (TPSA) is 166 Å². The number of thioether (sulfide) groups is 1. The summed E-state index contributed by atoms with van der Waals surface area (Å²) in [6.45, 7) is 4.06. The number of rotatable bonds is 15. The predicted molar refractivity (Wildman–Crippen MR) is 158 cm³/mol. The van der Waals surface area contributed by atoms with Crippen LogP contribution in [0, 0.1) is 26.9 Å². The Bertz CT molecular complexity index is 1380. The molecule has 2 unspecified atom stereocenters. The van der Waals surface area contributed by atoms with Crippen LogP contribution in [-0.2, 0) is 41.8 Å². The summed E-state index contributed by atoms with van der Waals surface area (Å²) in [5, 5.41) is 31.2. The number of thiocarbonyl (C=S) groups is 1. The molecule has 0 radical (unpaired) electrons. The van der Waals surface area contributed by atoms with Crippen LogP contribution >= 0.6 is 24.0 Å². The van der Waals surface area contributed by atoms with Gasteiger partial charge in [0, 0.05) is 12.5 Å². The number of nitro groups is 1. The Balaban J connectivity index is 2.03. The summed E-state index contributed by atoms with van der Waals surface area (Å²) in [5.41, 5.74) is -1.15. The van der Waals surface area contributed by atoms with Gasteiger partial charge < -0.3 is 19.3 Å². The summed E-state index contributed by atoms with van der Waals surface area (Å²) in [6, 6.07) is 15.6. The molecule has 42 heavy (non-hydrogen) atoms. The van der Waals surface area contributed by atoms with Crippen molar-refractivity contribution >= 4 is 51.8 Å². The van der Waals surface area contributed by atoms with Gasteiger partial charge in [0.25, 0.3) is 5.69 Å². The number of nitriles is 1. The second-order valence-electron chi connectivity index (χ2n) is 9.55. The van der Waals surface area contributed by atoms with Crippen LogP contribution < -0.4 is 0 Å². The summed E-state index contributed by atoms with van der Waals surface area (Å²) in [7, 11) is 0. The number of hydrogen-bond donors (Lipinski definition) is 1. The third kappa shape index (κ3) is 9.76. The smallest absolute Gasteiger partial charge is 0.330 e. The summed E-state index contributed by atoms with van der Waals surface area (Å²) in [6.07, 6.45) is 0.896. The number of benzene rings is 2. The van der Waals surface area contributed by atoms with Crippen molar-refractivity contribution in [3.63, 3.8) is 0 Å². The first-order chi connectivity index (χ1) is 19.9. The van der Waals surface area contributed by atoms with Crippen molar-refractivity contribution < 1.29 is 38.6 Å². The van der Waals surface area contributed by atoms with Gasteiger partial charge in [0.15, 0.2) is 0 Å². The Hall–Kier alpha value is -4.12. The van der Waals surface area contributed by atoms with Crippen molar-refractivity contribution in [1.82, 2.24) is 0 Å². The Labute approximate surface area is 252 Å². The maximum atomic E-state index is 12.6. The van der Waals surface area contributed by atoms with Gasteiger partial charge >= 0.3 is 17.9 Å². The SMILES string of the molecule is C=CC(=O)OCC(C)(CO)C(=O)OCc1cccc(COC(=O)CCC(C)(C#N)SC(=S)c2ccccc2)c1[N+](=O)[O-]. The average molecular weight is 615 g/mol. The number of para-hydroxylation sites is 1. The van der Waals surface area contributed by atoms with Crippen molar-refractivity contribution in [3.8, 4) is 6.07 Å². The summed E-state index contributed by atoms with van der Waals surface area (Å²) >= 11 is 6.61. The fourth-order valence-corrected chi connectivity index (χ4v) is 5.03. The third-order valence-electron chi connectivity index (χ3n) is 6.04. The van der Waals surface area contributed by atoms with Crippen LogP contribution in [-0.4, -0.2) is 50.1 Å². The lowest BCUT2D eigenvalue weighted by Gasteiger charge is -2.24. The molecule has 222 valence electrons. The Morgan fingerprint density at radius 3 is 2.26 bits per heavy atom. The van der Waals surface area contributed by atoms with E-state index >= 15 is 0 Å². The van der Waals surface area contributed by atoms with Gasteiger partial charge in [-0.25, -0.2) is 4.79 Å². The zero-order valence-electron chi connectivity index (χ0n) is 23.1. The first-order valence-electron chi connectivity index (χ1n) is 12.6. The minimum atomic E-state index is -1.61. The van der Waals surface area contributed by atoms with E-state index in [2.05, 4.69) is 12.6 Å². The Morgan fingerprint density at radius 1 is 1.10 bits per heavy atom. The zero-order chi connectivity index (χ0) is 31.3. The lowest BCUT2D eigenvalue weighted by molar-refractivity contribution is -0.386. The molecule has 0 heterocycles. The van der Waals surface area contributed by atoms with Gasteiger partial charge in [-0.15, -0.1) is 0 Å². The van der Waals surface area contributed by atoms with Gasteiger partial charge in [0.2, 0.25) is 0 Å². The summed E-state index contributed by atoms with van der Waals surface area (Å²) in [5.74, 6) is -2.41. The van der Waals surface area contributed by atoms with E-state index in [1.54, 1.807) is 6.92 Å². The van der Waals surface area contributed by atoms with E-state index in [0.717, 1.165) is 11.6 Å². The van der Waals surface area contributed by atoms with Gasteiger partial charge in [-0.1, -0.05) is 67.0 Å². The summed E-state index contributed by atoms with van der Waals surface area (Å²) in [4.78, 5) is 47.7. The van der Waals surface area contributed by atoms with E-state index in [1.807, 2.05) is 30.3 Å². The molecular formula is C29H30N2O9S2. The second kappa shape index (κ2) is 15.8. The number of carbonyl (C=O) groups excluding carboxylic acids is 3. The van der Waals surface area contributed by atoms with E-state index in [1.165, 1.54) is 36.9 Å². The van der Waals surface area contributed by atoms with Crippen molar-refractivity contribution in [2.75, 3.05) is 13.2 Å². The molecule has 0 saturated carbocycles. The number of hydrogen-bond acceptors (Lipinski definition) is 12. The standard InChI is InChI=1S/C29H30N2O9S2/c1-4-23(33)40-19-28(2,18-32)27(35)39-16-22-12-8-11-21(25(22)31(36)37)15-38-24(34)13-14-29(3,17-30)42-26(41)20-9-6-5-7-10-20/h4-12,32H,1,13-16,18-19H2,2-3H3. The van der Waals surface area contributed by atoms with Gasteiger partial charge in [-0.05, 0) is 38.0 Å². The maximum Gasteiger partial charge on any atom is 0.330 e. The van der Waals surface area contributed by atoms with E-state index in [9.17, 15) is 34.9 Å². The maximum absolute atomic E-state index is 12.6. The predicted octanol–water partition coefficient (Wildman–Crippen LogP) is 4.58. The highest BCUT2D eigenvalue weighted by molar-refractivity contribution is 8.24. The first-order valence-corrected chi connectivity index (χ1v) is 13.8. The lowest BCUT2D eigenvalue weighted by Crippen LogP contribution is -2.38. The van der Waals surface area contributed by atoms with Gasteiger partial charge in [0.05, 0.1) is 32.9 Å². The van der Waals surface area contributed by atoms with Crippen LogP contribution in [0.4, 0.5) is 5.69 Å². The van der Waals surface area contributed by atoms with E-state index in [-0.39, 0.29) is 24.0 Å². The zero-order valence-corrected chi connectivity index (χ0v) is 24.7. The molecule has 0 spiro atoms. The third-order valence-corrected chi connectivity index (χ3v) is 7.70. The molecule has 2 aromatic rings. The number of aliphatic hydroxyl groups excluding tert-OH is 1. The normalized spacial score (nSPS) is 13.4. The highest BCUT2D eigenvalue weighted by Crippen LogP contribution is 2.33. The molecular weight excluding hydrogens is 584 g/mol. The highest BCUT2D eigenvalue weighted by atomic mass is 32.2. The van der Waals surface area contributed by atoms with Crippen molar-refractivity contribution in [2.45, 2.75) is 44.6 Å². The molecule has 0 saturated heterocycles. The molecule has 0 amide bonds. The van der Waals surface area contributed by atoms with Crippen LogP contribution in [0.25, 0.3) is 0 Å². The average Bonchev–Trinajstić information content (AvgIpc) is 3.00. The van der Waals surface area contributed by atoms with Gasteiger partial charge in [-0.3, -0.25) is 19.7 Å². The van der Waals surface area contributed by atoms with Crippen LogP contribution in [0.3, 0.4) is 0 Å². The number of ether oxygens (including phenoxy) is 3. The molecule has 0 fully saturated rings.